The second-order valence-electron chi connectivity index (χ2n) is 5.16. The zero-order valence-corrected chi connectivity index (χ0v) is 14.5. The van der Waals surface area contributed by atoms with Gasteiger partial charge in [-0.15, -0.1) is 5.10 Å². The van der Waals surface area contributed by atoms with Crippen molar-refractivity contribution in [2.45, 2.75) is 6.92 Å². The number of aryl methyl sites for hydroxylation is 1. The lowest BCUT2D eigenvalue weighted by Crippen LogP contribution is -2.21. The molecule has 24 heavy (non-hydrogen) atoms. The number of hydrogen-bond acceptors (Lipinski definition) is 5. The quantitative estimate of drug-likeness (QED) is 0.703. The fraction of sp³-hybridized carbons (Fsp3) is 0.125. The molecule has 1 heterocycles. The van der Waals surface area contributed by atoms with Gasteiger partial charge in [-0.1, -0.05) is 15.9 Å². The number of amides is 1. The van der Waals surface area contributed by atoms with Crippen LogP contribution in [0.15, 0.2) is 53.3 Å². The molecule has 0 atom stereocenters. The second kappa shape index (κ2) is 7.22. The molecule has 1 amide bonds. The Morgan fingerprint density at radius 2 is 1.92 bits per heavy atom. The summed E-state index contributed by atoms with van der Waals surface area (Å²) in [6.45, 7) is 2.14. The minimum absolute atomic E-state index is 0.112. The van der Waals surface area contributed by atoms with Gasteiger partial charge in [0.15, 0.2) is 0 Å². The third-order valence-corrected chi connectivity index (χ3v) is 3.90. The summed E-state index contributed by atoms with van der Waals surface area (Å²) in [7, 11) is 0. The van der Waals surface area contributed by atoms with Crippen LogP contribution in [0.2, 0.25) is 0 Å². The van der Waals surface area contributed by atoms with E-state index in [1.54, 1.807) is 11.0 Å². The van der Waals surface area contributed by atoms with Crippen LogP contribution >= 0.6 is 15.9 Å². The SMILES string of the molecule is Cc1cc(NCC(=O)Nc2ccc(Br)cc2)ccc1-n1cnnn1. The van der Waals surface area contributed by atoms with Gasteiger partial charge >= 0.3 is 0 Å². The van der Waals surface area contributed by atoms with Gasteiger partial charge < -0.3 is 10.6 Å². The van der Waals surface area contributed by atoms with E-state index < -0.39 is 0 Å². The van der Waals surface area contributed by atoms with Crippen molar-refractivity contribution in [1.29, 1.82) is 0 Å². The summed E-state index contributed by atoms with van der Waals surface area (Å²) in [5.74, 6) is -0.112. The van der Waals surface area contributed by atoms with Crippen LogP contribution in [-0.2, 0) is 4.79 Å². The van der Waals surface area contributed by atoms with Crippen LogP contribution in [0.3, 0.4) is 0 Å². The number of anilines is 2. The van der Waals surface area contributed by atoms with Gasteiger partial charge in [-0.25, -0.2) is 4.68 Å². The molecular weight excluding hydrogens is 372 g/mol. The molecule has 1 aromatic heterocycles. The Balaban J connectivity index is 1.59. The zero-order valence-electron chi connectivity index (χ0n) is 12.9. The molecule has 3 rings (SSSR count). The summed E-state index contributed by atoms with van der Waals surface area (Å²) in [4.78, 5) is 12.0. The summed E-state index contributed by atoms with van der Waals surface area (Å²) in [5, 5.41) is 17.1. The lowest BCUT2D eigenvalue weighted by atomic mass is 10.2. The maximum atomic E-state index is 12.0. The summed E-state index contributed by atoms with van der Waals surface area (Å²) in [6.07, 6.45) is 1.54. The van der Waals surface area contributed by atoms with Crippen molar-refractivity contribution in [3.8, 4) is 5.69 Å². The van der Waals surface area contributed by atoms with Gasteiger partial charge in [-0.3, -0.25) is 4.79 Å². The first-order valence-electron chi connectivity index (χ1n) is 7.25. The fourth-order valence-corrected chi connectivity index (χ4v) is 2.48. The molecule has 0 aliphatic heterocycles. The van der Waals surface area contributed by atoms with E-state index in [2.05, 4.69) is 42.1 Å². The molecule has 0 saturated carbocycles. The van der Waals surface area contributed by atoms with Gasteiger partial charge in [0.2, 0.25) is 5.91 Å². The molecule has 0 unspecified atom stereocenters. The Morgan fingerprint density at radius 3 is 2.58 bits per heavy atom. The first-order chi connectivity index (χ1) is 11.6. The van der Waals surface area contributed by atoms with E-state index in [-0.39, 0.29) is 12.5 Å². The van der Waals surface area contributed by atoms with E-state index in [9.17, 15) is 4.79 Å². The minimum atomic E-state index is -0.112. The average molecular weight is 387 g/mol. The largest absolute Gasteiger partial charge is 0.376 e. The Morgan fingerprint density at radius 1 is 1.17 bits per heavy atom. The number of carbonyl (C=O) groups excluding carboxylic acids is 1. The highest BCUT2D eigenvalue weighted by Crippen LogP contribution is 2.18. The molecule has 0 aliphatic rings. The lowest BCUT2D eigenvalue weighted by molar-refractivity contribution is -0.114. The molecular formula is C16H15BrN6O. The summed E-state index contributed by atoms with van der Waals surface area (Å²) >= 11 is 3.36. The third kappa shape index (κ3) is 3.96. The van der Waals surface area contributed by atoms with Crippen LogP contribution in [-0.4, -0.2) is 32.7 Å². The van der Waals surface area contributed by atoms with E-state index in [4.69, 9.17) is 0 Å². The highest BCUT2D eigenvalue weighted by molar-refractivity contribution is 9.10. The van der Waals surface area contributed by atoms with Crippen molar-refractivity contribution < 1.29 is 4.79 Å². The number of nitrogens with one attached hydrogen (secondary N) is 2. The molecule has 122 valence electrons. The van der Waals surface area contributed by atoms with Gasteiger partial charge in [0.1, 0.15) is 6.33 Å². The van der Waals surface area contributed by atoms with Crippen molar-refractivity contribution >= 4 is 33.2 Å². The highest BCUT2D eigenvalue weighted by Gasteiger charge is 2.06. The number of aromatic nitrogens is 4. The van der Waals surface area contributed by atoms with E-state index >= 15 is 0 Å². The molecule has 0 fully saturated rings. The van der Waals surface area contributed by atoms with E-state index in [0.29, 0.717) is 0 Å². The summed E-state index contributed by atoms with van der Waals surface area (Å²) < 4.78 is 2.57. The number of hydrogen-bond donors (Lipinski definition) is 2. The van der Waals surface area contributed by atoms with E-state index in [1.165, 1.54) is 0 Å². The van der Waals surface area contributed by atoms with Crippen LogP contribution in [0.25, 0.3) is 5.69 Å². The van der Waals surface area contributed by atoms with Gasteiger partial charge in [0, 0.05) is 15.8 Å². The van der Waals surface area contributed by atoms with Crippen molar-refractivity contribution in [3.05, 3.63) is 58.8 Å². The Labute approximate surface area is 147 Å². The zero-order chi connectivity index (χ0) is 16.9. The van der Waals surface area contributed by atoms with Gasteiger partial charge in [0.05, 0.1) is 12.2 Å². The molecule has 0 spiro atoms. The minimum Gasteiger partial charge on any atom is -0.376 e. The molecule has 0 radical (unpaired) electrons. The summed E-state index contributed by atoms with van der Waals surface area (Å²) in [6, 6.07) is 13.2. The Bertz CT molecular complexity index is 832. The predicted octanol–water partition coefficient (Wildman–Crippen LogP) is 2.78. The highest BCUT2D eigenvalue weighted by atomic mass is 79.9. The topological polar surface area (TPSA) is 84.7 Å². The first-order valence-corrected chi connectivity index (χ1v) is 8.04. The molecule has 3 aromatic rings. The molecule has 0 bridgehead atoms. The first kappa shape index (κ1) is 16.1. The summed E-state index contributed by atoms with van der Waals surface area (Å²) in [5.41, 5.74) is 3.51. The molecule has 2 aromatic carbocycles. The number of rotatable bonds is 5. The van der Waals surface area contributed by atoms with Crippen molar-refractivity contribution in [2.75, 3.05) is 17.2 Å². The Kier molecular flexibility index (Phi) is 4.85. The monoisotopic (exact) mass is 386 g/mol. The Hall–Kier alpha value is -2.74. The van der Waals surface area contributed by atoms with Gasteiger partial charge in [-0.05, 0) is 65.4 Å². The fourth-order valence-electron chi connectivity index (χ4n) is 2.21. The van der Waals surface area contributed by atoms with Crippen LogP contribution < -0.4 is 10.6 Å². The molecule has 0 aliphatic carbocycles. The number of nitrogens with zero attached hydrogens (tertiary/aromatic N) is 4. The molecule has 8 heteroatoms. The molecule has 0 saturated heterocycles. The number of benzene rings is 2. The average Bonchev–Trinajstić information content (AvgIpc) is 3.09. The van der Waals surface area contributed by atoms with Crippen LogP contribution in [0.5, 0.6) is 0 Å². The van der Waals surface area contributed by atoms with E-state index in [1.807, 2.05) is 49.4 Å². The van der Waals surface area contributed by atoms with E-state index in [0.717, 1.165) is 27.1 Å². The molecule has 7 nitrogen and oxygen atoms in total. The van der Waals surface area contributed by atoms with Gasteiger partial charge in [-0.2, -0.15) is 0 Å². The third-order valence-electron chi connectivity index (χ3n) is 3.37. The molecule has 2 N–H and O–H groups in total. The second-order valence-corrected chi connectivity index (χ2v) is 6.08. The number of halogens is 1. The van der Waals surface area contributed by atoms with Crippen LogP contribution in [0, 0.1) is 6.92 Å². The van der Waals surface area contributed by atoms with Gasteiger partial charge in [0.25, 0.3) is 0 Å². The lowest BCUT2D eigenvalue weighted by Gasteiger charge is -2.10. The number of tetrazole rings is 1. The van der Waals surface area contributed by atoms with Crippen LogP contribution in [0.4, 0.5) is 11.4 Å². The standard InChI is InChI=1S/C16H15BrN6O/c1-11-8-14(6-7-15(11)23-10-19-21-22-23)18-9-16(24)20-13-4-2-12(17)3-5-13/h2-8,10,18H,9H2,1H3,(H,20,24). The normalized spacial score (nSPS) is 10.4. The van der Waals surface area contributed by atoms with Crippen molar-refractivity contribution in [1.82, 2.24) is 20.2 Å². The van der Waals surface area contributed by atoms with Crippen molar-refractivity contribution in [3.63, 3.8) is 0 Å². The predicted molar refractivity (Wildman–Crippen MR) is 95.2 cm³/mol. The smallest absolute Gasteiger partial charge is 0.243 e. The van der Waals surface area contributed by atoms with Crippen molar-refractivity contribution in [2.24, 2.45) is 0 Å². The van der Waals surface area contributed by atoms with Crippen LogP contribution in [0.1, 0.15) is 5.56 Å². The maximum Gasteiger partial charge on any atom is 0.243 e. The number of carbonyl (C=O) groups is 1. The maximum absolute atomic E-state index is 12.0.